The summed E-state index contributed by atoms with van der Waals surface area (Å²) in [7, 11) is 0. The summed E-state index contributed by atoms with van der Waals surface area (Å²) in [5.74, 6) is -0.944. The van der Waals surface area contributed by atoms with Crippen molar-refractivity contribution in [3.63, 3.8) is 0 Å². The maximum Gasteiger partial charge on any atom is 0.330 e. The van der Waals surface area contributed by atoms with Crippen LogP contribution in [0.1, 0.15) is 32.6 Å². The zero-order valence-corrected chi connectivity index (χ0v) is 7.42. The molecular formula is C9H16O3. The average Bonchev–Trinajstić information content (AvgIpc) is 2.03. The Labute approximate surface area is 72.7 Å². The lowest BCUT2D eigenvalue weighted by atomic mass is 10.1. The molecule has 0 aliphatic heterocycles. The maximum atomic E-state index is 10.3. The second kappa shape index (κ2) is 5.77. The molecule has 1 atom stereocenters. The second-order valence-corrected chi connectivity index (χ2v) is 2.86. The smallest absolute Gasteiger partial charge is 0.330 e. The highest BCUT2D eigenvalue weighted by Gasteiger charge is 2.05. The number of carbonyl (C=O) groups is 1. The van der Waals surface area contributed by atoms with E-state index in [9.17, 15) is 4.79 Å². The number of aliphatic hydroxyl groups excluding tert-OH is 1. The quantitative estimate of drug-likeness (QED) is 0.598. The number of aliphatic carboxylic acids is 1. The molecule has 0 spiro atoms. The minimum absolute atomic E-state index is 0.221. The van der Waals surface area contributed by atoms with Crippen molar-refractivity contribution in [2.75, 3.05) is 0 Å². The molecule has 0 aliphatic carbocycles. The number of carboxylic acid groups (broad SMARTS) is 1. The summed E-state index contributed by atoms with van der Waals surface area (Å²) in [6, 6.07) is 0. The van der Waals surface area contributed by atoms with Gasteiger partial charge in [0.05, 0.1) is 6.10 Å². The minimum Gasteiger partial charge on any atom is -0.478 e. The molecule has 12 heavy (non-hydrogen) atoms. The van der Waals surface area contributed by atoms with Crippen LogP contribution in [0.5, 0.6) is 0 Å². The van der Waals surface area contributed by atoms with Crippen LogP contribution in [0.15, 0.2) is 12.2 Å². The van der Waals surface area contributed by atoms with Gasteiger partial charge in [-0.2, -0.15) is 0 Å². The van der Waals surface area contributed by atoms with E-state index in [0.717, 1.165) is 6.42 Å². The predicted octanol–water partition coefficient (Wildman–Crippen LogP) is 1.57. The van der Waals surface area contributed by atoms with Gasteiger partial charge in [0, 0.05) is 5.57 Å². The van der Waals surface area contributed by atoms with Crippen molar-refractivity contribution in [3.05, 3.63) is 12.2 Å². The van der Waals surface area contributed by atoms with Crippen molar-refractivity contribution in [3.8, 4) is 0 Å². The first-order valence-electron chi connectivity index (χ1n) is 4.17. The Morgan fingerprint density at radius 2 is 2.17 bits per heavy atom. The summed E-state index contributed by atoms with van der Waals surface area (Å²) < 4.78 is 0. The molecule has 70 valence electrons. The van der Waals surface area contributed by atoms with Crippen molar-refractivity contribution in [1.29, 1.82) is 0 Å². The molecule has 3 heteroatoms. The van der Waals surface area contributed by atoms with Crippen LogP contribution in [0.25, 0.3) is 0 Å². The first-order chi connectivity index (χ1) is 5.57. The third-order valence-corrected chi connectivity index (χ3v) is 1.79. The van der Waals surface area contributed by atoms with Crippen LogP contribution in [0.4, 0.5) is 0 Å². The lowest BCUT2D eigenvalue weighted by molar-refractivity contribution is -0.132. The molecule has 0 fully saturated rings. The van der Waals surface area contributed by atoms with Crippen LogP contribution >= 0.6 is 0 Å². The SMILES string of the molecule is C=C(CCCC(O)CC)C(=O)O. The molecule has 0 heterocycles. The van der Waals surface area contributed by atoms with Crippen LogP contribution in [-0.4, -0.2) is 22.3 Å². The van der Waals surface area contributed by atoms with Crippen molar-refractivity contribution in [1.82, 2.24) is 0 Å². The van der Waals surface area contributed by atoms with Gasteiger partial charge in [-0.15, -0.1) is 0 Å². The molecule has 0 aromatic rings. The lowest BCUT2D eigenvalue weighted by Gasteiger charge is -2.06. The van der Waals surface area contributed by atoms with E-state index >= 15 is 0 Å². The van der Waals surface area contributed by atoms with Gasteiger partial charge in [-0.25, -0.2) is 4.79 Å². The van der Waals surface area contributed by atoms with Crippen molar-refractivity contribution in [2.45, 2.75) is 38.7 Å². The Morgan fingerprint density at radius 1 is 1.58 bits per heavy atom. The molecular weight excluding hydrogens is 156 g/mol. The molecule has 0 saturated carbocycles. The van der Waals surface area contributed by atoms with Gasteiger partial charge >= 0.3 is 5.97 Å². The third-order valence-electron chi connectivity index (χ3n) is 1.79. The Balaban J connectivity index is 3.44. The second-order valence-electron chi connectivity index (χ2n) is 2.86. The van der Waals surface area contributed by atoms with Gasteiger partial charge < -0.3 is 10.2 Å². The fourth-order valence-electron chi connectivity index (χ4n) is 0.862. The molecule has 0 amide bonds. The number of hydrogen-bond acceptors (Lipinski definition) is 2. The van der Waals surface area contributed by atoms with Crippen LogP contribution in [-0.2, 0) is 4.79 Å². The fraction of sp³-hybridized carbons (Fsp3) is 0.667. The Morgan fingerprint density at radius 3 is 2.58 bits per heavy atom. The van der Waals surface area contributed by atoms with E-state index in [0.29, 0.717) is 19.3 Å². The summed E-state index contributed by atoms with van der Waals surface area (Å²) >= 11 is 0. The zero-order chi connectivity index (χ0) is 9.56. The van der Waals surface area contributed by atoms with Gasteiger partial charge in [-0.1, -0.05) is 13.5 Å². The van der Waals surface area contributed by atoms with E-state index in [1.807, 2.05) is 6.92 Å². The largest absolute Gasteiger partial charge is 0.478 e. The fourth-order valence-corrected chi connectivity index (χ4v) is 0.862. The lowest BCUT2D eigenvalue weighted by Crippen LogP contribution is -2.05. The van der Waals surface area contributed by atoms with Gasteiger partial charge in [0.1, 0.15) is 0 Å². The number of aliphatic hydroxyl groups is 1. The molecule has 0 radical (unpaired) electrons. The monoisotopic (exact) mass is 172 g/mol. The van der Waals surface area contributed by atoms with Crippen LogP contribution in [0.3, 0.4) is 0 Å². The van der Waals surface area contributed by atoms with E-state index in [1.165, 1.54) is 0 Å². The highest BCUT2D eigenvalue weighted by molar-refractivity contribution is 5.85. The molecule has 0 bridgehead atoms. The van der Waals surface area contributed by atoms with E-state index in [2.05, 4.69) is 6.58 Å². The predicted molar refractivity (Wildman–Crippen MR) is 46.9 cm³/mol. The topological polar surface area (TPSA) is 57.5 Å². The van der Waals surface area contributed by atoms with Crippen LogP contribution < -0.4 is 0 Å². The molecule has 0 aromatic carbocycles. The summed E-state index contributed by atoms with van der Waals surface area (Å²) in [4.78, 5) is 10.3. The molecule has 0 aromatic heterocycles. The number of rotatable bonds is 6. The van der Waals surface area contributed by atoms with E-state index in [1.54, 1.807) is 0 Å². The molecule has 0 rings (SSSR count). The molecule has 1 unspecified atom stereocenters. The Kier molecular flexibility index (Phi) is 5.37. The molecule has 2 N–H and O–H groups in total. The molecule has 3 nitrogen and oxygen atoms in total. The summed E-state index contributed by atoms with van der Waals surface area (Å²) in [5.41, 5.74) is 0.221. The van der Waals surface area contributed by atoms with E-state index in [4.69, 9.17) is 10.2 Å². The van der Waals surface area contributed by atoms with Gasteiger partial charge in [-0.05, 0) is 25.7 Å². The summed E-state index contributed by atoms with van der Waals surface area (Å²) in [6.07, 6.45) is 2.24. The number of carboxylic acids is 1. The standard InChI is InChI=1S/C9H16O3/c1-3-8(10)6-4-5-7(2)9(11)12/h8,10H,2-6H2,1H3,(H,11,12). The summed E-state index contributed by atoms with van der Waals surface area (Å²) in [6.45, 7) is 5.30. The molecule has 0 saturated heterocycles. The first-order valence-corrected chi connectivity index (χ1v) is 4.17. The zero-order valence-electron chi connectivity index (χ0n) is 7.42. The van der Waals surface area contributed by atoms with Crippen molar-refractivity contribution in [2.24, 2.45) is 0 Å². The minimum atomic E-state index is -0.944. The van der Waals surface area contributed by atoms with Crippen LogP contribution in [0.2, 0.25) is 0 Å². The highest BCUT2D eigenvalue weighted by Crippen LogP contribution is 2.08. The third kappa shape index (κ3) is 4.91. The van der Waals surface area contributed by atoms with Crippen molar-refractivity contribution >= 4 is 5.97 Å². The molecule has 0 aliphatic rings. The van der Waals surface area contributed by atoms with Gasteiger partial charge in [0.15, 0.2) is 0 Å². The van der Waals surface area contributed by atoms with Gasteiger partial charge in [0.2, 0.25) is 0 Å². The van der Waals surface area contributed by atoms with E-state index < -0.39 is 5.97 Å². The van der Waals surface area contributed by atoms with Crippen LogP contribution in [0, 0.1) is 0 Å². The van der Waals surface area contributed by atoms with Crippen molar-refractivity contribution < 1.29 is 15.0 Å². The van der Waals surface area contributed by atoms with E-state index in [-0.39, 0.29) is 11.7 Å². The highest BCUT2D eigenvalue weighted by atomic mass is 16.4. The Bertz CT molecular complexity index is 163. The average molecular weight is 172 g/mol. The first kappa shape index (κ1) is 11.2. The number of hydrogen-bond donors (Lipinski definition) is 2. The Hall–Kier alpha value is -0.830. The normalized spacial score (nSPS) is 12.5. The van der Waals surface area contributed by atoms with Gasteiger partial charge in [0.25, 0.3) is 0 Å². The maximum absolute atomic E-state index is 10.3. The van der Waals surface area contributed by atoms with Gasteiger partial charge in [-0.3, -0.25) is 0 Å². The summed E-state index contributed by atoms with van der Waals surface area (Å²) in [5, 5.41) is 17.6.